The van der Waals surface area contributed by atoms with Crippen molar-refractivity contribution >= 4 is 40.8 Å². The molecule has 0 N–H and O–H groups in total. The lowest BCUT2D eigenvalue weighted by Gasteiger charge is -2.28. The first-order valence-corrected chi connectivity index (χ1v) is 10.5. The molecule has 0 radical (unpaired) electrons. The van der Waals surface area contributed by atoms with E-state index in [1.807, 2.05) is 54.6 Å². The highest BCUT2D eigenvalue weighted by Crippen LogP contribution is 2.37. The summed E-state index contributed by atoms with van der Waals surface area (Å²) < 4.78 is 6.02. The van der Waals surface area contributed by atoms with Gasteiger partial charge in [-0.05, 0) is 50.2 Å². The van der Waals surface area contributed by atoms with Gasteiger partial charge in [0.15, 0.2) is 0 Å². The highest BCUT2D eigenvalue weighted by molar-refractivity contribution is 6.35. The second-order valence-electron chi connectivity index (χ2n) is 7.72. The first-order valence-electron chi connectivity index (χ1n) is 9.70. The zero-order valence-electron chi connectivity index (χ0n) is 17.0. The van der Waals surface area contributed by atoms with Gasteiger partial charge < -0.3 is 9.64 Å². The Morgan fingerprint density at radius 3 is 2.16 bits per heavy atom. The lowest BCUT2D eigenvalue weighted by Crippen LogP contribution is -2.43. The summed E-state index contributed by atoms with van der Waals surface area (Å²) in [5.74, 6) is 0.958. The second-order valence-corrected chi connectivity index (χ2v) is 8.59. The lowest BCUT2D eigenvalue weighted by molar-refractivity contribution is -0.123. The van der Waals surface area contributed by atoms with Crippen LogP contribution >= 0.6 is 23.2 Å². The Morgan fingerprint density at radius 1 is 0.871 bits per heavy atom. The van der Waals surface area contributed by atoms with Crippen molar-refractivity contribution in [2.75, 3.05) is 4.90 Å². The highest BCUT2D eigenvalue weighted by atomic mass is 35.5. The third kappa shape index (κ3) is 4.11. The van der Waals surface area contributed by atoms with Crippen LogP contribution in [-0.4, -0.2) is 22.4 Å². The van der Waals surface area contributed by atoms with E-state index in [9.17, 15) is 9.59 Å². The first-order chi connectivity index (χ1) is 14.8. The van der Waals surface area contributed by atoms with Crippen molar-refractivity contribution in [2.24, 2.45) is 0 Å². The van der Waals surface area contributed by atoms with Gasteiger partial charge in [0.2, 0.25) is 0 Å². The van der Waals surface area contributed by atoms with E-state index >= 15 is 0 Å². The van der Waals surface area contributed by atoms with Crippen molar-refractivity contribution in [1.82, 2.24) is 4.90 Å². The van der Waals surface area contributed by atoms with E-state index in [1.165, 1.54) is 4.90 Å². The topological polar surface area (TPSA) is 49.9 Å². The zero-order valence-corrected chi connectivity index (χ0v) is 18.5. The van der Waals surface area contributed by atoms with E-state index in [0.717, 1.165) is 10.5 Å². The minimum absolute atomic E-state index is 0.200. The predicted molar refractivity (Wildman–Crippen MR) is 122 cm³/mol. The van der Waals surface area contributed by atoms with Crippen molar-refractivity contribution in [3.8, 4) is 11.5 Å². The van der Waals surface area contributed by atoms with E-state index in [2.05, 4.69) is 0 Å². The summed E-state index contributed by atoms with van der Waals surface area (Å²) in [6.45, 7) is 3.64. The molecule has 1 fully saturated rings. The smallest absolute Gasteiger partial charge is 0.332 e. The first kappa shape index (κ1) is 21.2. The van der Waals surface area contributed by atoms with Crippen LogP contribution in [0.1, 0.15) is 19.4 Å². The molecule has 31 heavy (non-hydrogen) atoms. The van der Waals surface area contributed by atoms with E-state index in [-0.39, 0.29) is 12.5 Å². The maximum atomic E-state index is 13.3. The number of anilines is 1. The fraction of sp³-hybridized carbons (Fsp3) is 0.167. The Kier molecular flexibility index (Phi) is 5.65. The van der Waals surface area contributed by atoms with Crippen LogP contribution in [0.15, 0.2) is 72.8 Å². The predicted octanol–water partition coefficient (Wildman–Crippen LogP) is 6.53. The molecule has 5 nitrogen and oxygen atoms in total. The van der Waals surface area contributed by atoms with Crippen LogP contribution in [0.25, 0.3) is 0 Å². The molecule has 0 spiro atoms. The molecular weight excluding hydrogens is 435 g/mol. The Hall–Kier alpha value is -3.02. The molecule has 1 saturated heterocycles. The minimum atomic E-state index is -1.06. The summed E-state index contributed by atoms with van der Waals surface area (Å²) in [6.07, 6.45) is 0. The van der Waals surface area contributed by atoms with Crippen LogP contribution < -0.4 is 9.64 Å². The summed E-state index contributed by atoms with van der Waals surface area (Å²) in [6, 6.07) is 21.1. The zero-order chi connectivity index (χ0) is 22.2. The number of carbonyl (C=O) groups is 2. The van der Waals surface area contributed by atoms with E-state index < -0.39 is 11.6 Å². The maximum absolute atomic E-state index is 13.3. The molecule has 158 valence electrons. The normalized spacial score (nSPS) is 15.5. The average Bonchev–Trinajstić information content (AvgIpc) is 2.89. The second kappa shape index (κ2) is 8.25. The Balaban J connectivity index is 1.66. The van der Waals surface area contributed by atoms with Crippen molar-refractivity contribution in [3.05, 3.63) is 88.4 Å². The number of urea groups is 1. The van der Waals surface area contributed by atoms with Gasteiger partial charge in [-0.25, -0.2) is 9.69 Å². The van der Waals surface area contributed by atoms with E-state index in [1.54, 1.807) is 32.0 Å². The molecule has 0 aliphatic carbocycles. The molecule has 0 saturated carbocycles. The van der Waals surface area contributed by atoms with Gasteiger partial charge in [-0.2, -0.15) is 0 Å². The molecule has 0 unspecified atom stereocenters. The number of halogens is 2. The van der Waals surface area contributed by atoms with Crippen molar-refractivity contribution in [1.29, 1.82) is 0 Å². The molecule has 4 rings (SSSR count). The third-order valence-electron chi connectivity index (χ3n) is 5.20. The quantitative estimate of drug-likeness (QED) is 0.411. The molecule has 1 aliphatic heterocycles. The van der Waals surface area contributed by atoms with Gasteiger partial charge in [0.05, 0.1) is 12.2 Å². The standard InChI is InChI=1S/C24H20Cl2N2O3/c1-24(2)22(29)28(19-13-17(25)12-18(26)14-19)23(30)27(24)15-16-8-6-7-11-21(16)31-20-9-4-3-5-10-20/h3-14H,15H2,1-2H3. The fourth-order valence-corrected chi connectivity index (χ4v) is 4.03. The minimum Gasteiger partial charge on any atom is -0.457 e. The van der Waals surface area contributed by atoms with Crippen molar-refractivity contribution in [3.63, 3.8) is 0 Å². The van der Waals surface area contributed by atoms with Crippen LogP contribution in [-0.2, 0) is 11.3 Å². The van der Waals surface area contributed by atoms with Gasteiger partial charge in [0, 0.05) is 15.6 Å². The van der Waals surface area contributed by atoms with Gasteiger partial charge >= 0.3 is 6.03 Å². The molecule has 0 aromatic heterocycles. The number of ether oxygens (including phenoxy) is 1. The highest BCUT2D eigenvalue weighted by Gasteiger charge is 2.52. The molecular formula is C24H20Cl2N2O3. The van der Waals surface area contributed by atoms with Gasteiger partial charge in [-0.15, -0.1) is 0 Å². The van der Waals surface area contributed by atoms with Gasteiger partial charge in [0.25, 0.3) is 5.91 Å². The monoisotopic (exact) mass is 454 g/mol. The summed E-state index contributed by atoms with van der Waals surface area (Å²) >= 11 is 12.2. The van der Waals surface area contributed by atoms with E-state index in [0.29, 0.717) is 27.2 Å². The summed E-state index contributed by atoms with van der Waals surface area (Å²) in [5.41, 5.74) is 0.0644. The molecule has 0 atom stereocenters. The van der Waals surface area contributed by atoms with Crippen LogP contribution in [0.2, 0.25) is 10.0 Å². The number of rotatable bonds is 5. The summed E-state index contributed by atoms with van der Waals surface area (Å²) in [7, 11) is 0. The van der Waals surface area contributed by atoms with Gasteiger partial charge in [-0.3, -0.25) is 4.79 Å². The number of imide groups is 1. The lowest BCUT2D eigenvalue weighted by atomic mass is 10.0. The number of carbonyl (C=O) groups excluding carboxylic acids is 2. The number of hydrogen-bond donors (Lipinski definition) is 0. The fourth-order valence-electron chi connectivity index (χ4n) is 3.52. The molecule has 3 aromatic carbocycles. The molecule has 1 aliphatic rings. The number of amides is 3. The average molecular weight is 455 g/mol. The molecule has 7 heteroatoms. The molecule has 3 aromatic rings. The van der Waals surface area contributed by atoms with Crippen LogP contribution in [0.3, 0.4) is 0 Å². The van der Waals surface area contributed by atoms with Crippen LogP contribution in [0.4, 0.5) is 10.5 Å². The van der Waals surface area contributed by atoms with Gasteiger partial charge in [-0.1, -0.05) is 59.6 Å². The summed E-state index contributed by atoms with van der Waals surface area (Å²) in [5, 5.41) is 0.696. The largest absolute Gasteiger partial charge is 0.457 e. The number of nitrogens with zero attached hydrogens (tertiary/aromatic N) is 2. The number of benzene rings is 3. The number of hydrogen-bond acceptors (Lipinski definition) is 3. The Morgan fingerprint density at radius 2 is 1.48 bits per heavy atom. The van der Waals surface area contributed by atoms with Gasteiger partial charge in [0.1, 0.15) is 17.0 Å². The molecule has 3 amide bonds. The molecule has 0 bridgehead atoms. The van der Waals surface area contributed by atoms with Crippen LogP contribution in [0.5, 0.6) is 11.5 Å². The maximum Gasteiger partial charge on any atom is 0.332 e. The third-order valence-corrected chi connectivity index (χ3v) is 5.64. The number of para-hydroxylation sites is 2. The molecule has 1 heterocycles. The van der Waals surface area contributed by atoms with Crippen molar-refractivity contribution < 1.29 is 14.3 Å². The Bertz CT molecular complexity index is 1130. The van der Waals surface area contributed by atoms with E-state index in [4.69, 9.17) is 27.9 Å². The summed E-state index contributed by atoms with van der Waals surface area (Å²) in [4.78, 5) is 29.2. The van der Waals surface area contributed by atoms with Crippen LogP contribution in [0, 0.1) is 0 Å². The SMILES string of the molecule is CC1(C)C(=O)N(c2cc(Cl)cc(Cl)c2)C(=O)N1Cc1ccccc1Oc1ccccc1. The van der Waals surface area contributed by atoms with Crippen molar-refractivity contribution in [2.45, 2.75) is 25.9 Å². The Labute approximate surface area is 190 Å².